The molecule has 0 aromatic heterocycles. The zero-order valence-corrected chi connectivity index (χ0v) is 14.6. The normalized spacial score (nSPS) is 14.1. The van der Waals surface area contributed by atoms with Crippen LogP contribution in [-0.4, -0.2) is 32.3 Å². The highest BCUT2D eigenvalue weighted by Crippen LogP contribution is 2.36. The van der Waals surface area contributed by atoms with Crippen LogP contribution >= 0.6 is 0 Å². The SMILES string of the molecule is CC(C)(C)[Si](C)(C)OCCC[C@@H](C=O)CCCC(=O)O. The number of carbonyl (C=O) groups is 2. The van der Waals surface area contributed by atoms with E-state index in [1.807, 2.05) is 0 Å². The van der Waals surface area contributed by atoms with Crippen LogP contribution in [0.3, 0.4) is 0 Å². The Kier molecular flexibility index (Phi) is 8.28. The summed E-state index contributed by atoms with van der Waals surface area (Å²) in [4.78, 5) is 21.4. The van der Waals surface area contributed by atoms with Gasteiger partial charge < -0.3 is 14.3 Å². The molecule has 1 N–H and O–H groups in total. The summed E-state index contributed by atoms with van der Waals surface area (Å²) in [6.07, 6.45) is 3.98. The molecule has 0 unspecified atom stereocenters. The van der Waals surface area contributed by atoms with Crippen molar-refractivity contribution in [1.29, 1.82) is 0 Å². The van der Waals surface area contributed by atoms with E-state index in [9.17, 15) is 9.59 Å². The molecule has 0 aliphatic rings. The second kappa shape index (κ2) is 8.57. The summed E-state index contributed by atoms with van der Waals surface area (Å²) in [6.45, 7) is 11.8. The highest BCUT2D eigenvalue weighted by atomic mass is 28.4. The molecule has 0 radical (unpaired) electrons. The maximum atomic E-state index is 11.0. The third-order valence-corrected chi connectivity index (χ3v) is 8.68. The number of hydrogen-bond donors (Lipinski definition) is 1. The van der Waals surface area contributed by atoms with Gasteiger partial charge in [0.1, 0.15) is 6.29 Å². The summed E-state index contributed by atoms with van der Waals surface area (Å²) < 4.78 is 6.06. The zero-order valence-electron chi connectivity index (χ0n) is 13.6. The Hall–Kier alpha value is -0.683. The number of hydrogen-bond acceptors (Lipinski definition) is 3. The Labute approximate surface area is 124 Å². The maximum absolute atomic E-state index is 11.0. The topological polar surface area (TPSA) is 63.6 Å². The molecule has 0 fully saturated rings. The Bertz CT molecular complexity index is 307. The maximum Gasteiger partial charge on any atom is 0.303 e. The molecule has 4 nitrogen and oxygen atoms in total. The molecule has 0 amide bonds. The Morgan fingerprint density at radius 2 is 1.80 bits per heavy atom. The van der Waals surface area contributed by atoms with Crippen LogP contribution in [0.25, 0.3) is 0 Å². The third kappa shape index (κ3) is 7.80. The first kappa shape index (κ1) is 19.3. The van der Waals surface area contributed by atoms with Gasteiger partial charge in [-0.1, -0.05) is 20.8 Å². The fraction of sp³-hybridized carbons (Fsp3) is 0.867. The van der Waals surface area contributed by atoms with Crippen molar-refractivity contribution in [3.63, 3.8) is 0 Å². The third-order valence-electron chi connectivity index (χ3n) is 4.15. The van der Waals surface area contributed by atoms with Crippen LogP contribution in [0.4, 0.5) is 0 Å². The molecule has 0 bridgehead atoms. The first-order chi connectivity index (χ1) is 9.10. The van der Waals surface area contributed by atoms with Gasteiger partial charge in [0.15, 0.2) is 8.32 Å². The summed E-state index contributed by atoms with van der Waals surface area (Å²) in [5.41, 5.74) is 0. The molecule has 20 heavy (non-hydrogen) atoms. The number of rotatable bonds is 10. The number of carbonyl (C=O) groups excluding carboxylic acids is 1. The fourth-order valence-electron chi connectivity index (χ4n) is 1.69. The van der Waals surface area contributed by atoms with Gasteiger partial charge in [0, 0.05) is 18.9 Å². The fourth-order valence-corrected chi connectivity index (χ4v) is 2.77. The molecular formula is C15H30O4Si. The molecule has 0 heterocycles. The van der Waals surface area contributed by atoms with Gasteiger partial charge in [-0.05, 0) is 43.8 Å². The quantitative estimate of drug-likeness (QED) is 0.378. The lowest BCUT2D eigenvalue weighted by molar-refractivity contribution is -0.137. The number of carboxylic acid groups (broad SMARTS) is 1. The molecule has 0 saturated heterocycles. The highest BCUT2D eigenvalue weighted by molar-refractivity contribution is 6.74. The molecule has 0 aromatic rings. The van der Waals surface area contributed by atoms with Crippen LogP contribution < -0.4 is 0 Å². The summed E-state index contributed by atoms with van der Waals surface area (Å²) in [7, 11) is -1.69. The minimum Gasteiger partial charge on any atom is -0.481 e. The lowest BCUT2D eigenvalue weighted by Crippen LogP contribution is -2.41. The first-order valence-electron chi connectivity index (χ1n) is 7.41. The van der Waals surface area contributed by atoms with E-state index in [4.69, 9.17) is 9.53 Å². The van der Waals surface area contributed by atoms with Crippen LogP contribution in [0, 0.1) is 5.92 Å². The molecule has 5 heteroatoms. The van der Waals surface area contributed by atoms with Crippen molar-refractivity contribution in [3.05, 3.63) is 0 Å². The van der Waals surface area contributed by atoms with Gasteiger partial charge in [0.25, 0.3) is 0 Å². The lowest BCUT2D eigenvalue weighted by Gasteiger charge is -2.36. The summed E-state index contributed by atoms with van der Waals surface area (Å²) >= 11 is 0. The molecule has 0 aliphatic carbocycles. The van der Waals surface area contributed by atoms with Gasteiger partial charge >= 0.3 is 5.97 Å². The van der Waals surface area contributed by atoms with E-state index in [1.165, 1.54) is 0 Å². The second-order valence-corrected chi connectivity index (χ2v) is 11.7. The van der Waals surface area contributed by atoms with Crippen molar-refractivity contribution < 1.29 is 19.1 Å². The van der Waals surface area contributed by atoms with Gasteiger partial charge in [-0.2, -0.15) is 0 Å². The van der Waals surface area contributed by atoms with Crippen LogP contribution in [0.15, 0.2) is 0 Å². The molecule has 0 rings (SSSR count). The highest BCUT2D eigenvalue weighted by Gasteiger charge is 2.36. The molecule has 118 valence electrons. The Morgan fingerprint density at radius 3 is 2.25 bits per heavy atom. The van der Waals surface area contributed by atoms with Gasteiger partial charge in [-0.3, -0.25) is 4.79 Å². The molecule has 1 atom stereocenters. The smallest absolute Gasteiger partial charge is 0.303 e. The summed E-state index contributed by atoms with van der Waals surface area (Å²) in [6, 6.07) is 0. The van der Waals surface area contributed by atoms with Crippen LogP contribution in [0.2, 0.25) is 18.1 Å². The zero-order chi connectivity index (χ0) is 15.8. The molecule has 0 spiro atoms. The average Bonchev–Trinajstić information content (AvgIpc) is 2.30. The van der Waals surface area contributed by atoms with Crippen LogP contribution in [0.5, 0.6) is 0 Å². The van der Waals surface area contributed by atoms with E-state index in [-0.39, 0.29) is 17.4 Å². The molecule has 0 saturated carbocycles. The van der Waals surface area contributed by atoms with E-state index in [2.05, 4.69) is 33.9 Å². The predicted molar refractivity (Wildman–Crippen MR) is 83.4 cm³/mol. The molecular weight excluding hydrogens is 272 g/mol. The van der Waals surface area contributed by atoms with E-state index in [1.54, 1.807) is 0 Å². The first-order valence-corrected chi connectivity index (χ1v) is 10.3. The van der Waals surface area contributed by atoms with Gasteiger partial charge in [0.2, 0.25) is 0 Å². The van der Waals surface area contributed by atoms with Gasteiger partial charge in [-0.15, -0.1) is 0 Å². The predicted octanol–water partition coefficient (Wildman–Crippen LogP) is 3.86. The van der Waals surface area contributed by atoms with Crippen molar-refractivity contribution in [2.75, 3.05) is 6.61 Å². The summed E-state index contributed by atoms with van der Waals surface area (Å²) in [5.74, 6) is -0.826. The van der Waals surface area contributed by atoms with Gasteiger partial charge in [-0.25, -0.2) is 0 Å². The largest absolute Gasteiger partial charge is 0.481 e. The van der Waals surface area contributed by atoms with Crippen molar-refractivity contribution in [2.24, 2.45) is 5.92 Å². The van der Waals surface area contributed by atoms with Crippen molar-refractivity contribution in [2.45, 2.75) is 71.0 Å². The van der Waals surface area contributed by atoms with Crippen molar-refractivity contribution in [1.82, 2.24) is 0 Å². The van der Waals surface area contributed by atoms with Crippen LogP contribution in [-0.2, 0) is 14.0 Å². The number of aldehydes is 1. The summed E-state index contributed by atoms with van der Waals surface area (Å²) in [5, 5.41) is 8.78. The monoisotopic (exact) mass is 302 g/mol. The van der Waals surface area contributed by atoms with Gasteiger partial charge in [0.05, 0.1) is 0 Å². The lowest BCUT2D eigenvalue weighted by atomic mass is 9.98. The Morgan fingerprint density at radius 1 is 1.25 bits per heavy atom. The molecule has 0 aromatic carbocycles. The Balaban J connectivity index is 3.91. The minimum atomic E-state index is -1.69. The average molecular weight is 302 g/mol. The minimum absolute atomic E-state index is 0.0302. The molecule has 0 aliphatic heterocycles. The van der Waals surface area contributed by atoms with E-state index >= 15 is 0 Å². The standard InChI is InChI=1S/C15H30O4Si/c1-15(2,3)20(4,5)19-11-7-9-13(12-16)8-6-10-14(17)18/h12-13H,6-11H2,1-5H3,(H,17,18)/t13-/m0/s1. The number of aliphatic carboxylic acids is 1. The van der Waals surface area contributed by atoms with E-state index in [0.717, 1.165) is 19.1 Å². The van der Waals surface area contributed by atoms with Crippen LogP contribution in [0.1, 0.15) is 52.9 Å². The number of carboxylic acids is 1. The van der Waals surface area contributed by atoms with Crippen molar-refractivity contribution >= 4 is 20.6 Å². The van der Waals surface area contributed by atoms with E-state index < -0.39 is 14.3 Å². The second-order valence-electron chi connectivity index (χ2n) is 6.93. The van der Waals surface area contributed by atoms with Crippen molar-refractivity contribution in [3.8, 4) is 0 Å². The van der Waals surface area contributed by atoms with E-state index in [0.29, 0.717) is 19.4 Å².